The quantitative estimate of drug-likeness (QED) is 0.330. The third-order valence-corrected chi connectivity index (χ3v) is 6.55. The van der Waals surface area contributed by atoms with E-state index in [1.54, 1.807) is 33.9 Å². The van der Waals surface area contributed by atoms with E-state index in [0.29, 0.717) is 22.6 Å². The molecule has 4 rings (SSSR count). The van der Waals surface area contributed by atoms with E-state index in [1.807, 2.05) is 66.9 Å². The zero-order valence-corrected chi connectivity index (χ0v) is 18.4. The number of rotatable bonds is 6. The van der Waals surface area contributed by atoms with Crippen molar-refractivity contribution in [2.45, 2.75) is 18.6 Å². The van der Waals surface area contributed by atoms with Crippen molar-refractivity contribution in [2.24, 2.45) is 0 Å². The van der Waals surface area contributed by atoms with Gasteiger partial charge in [0, 0.05) is 11.9 Å². The number of amides is 1. The lowest BCUT2D eigenvalue weighted by molar-refractivity contribution is -0.127. The molecule has 2 aromatic heterocycles. The van der Waals surface area contributed by atoms with Crippen LogP contribution in [0.1, 0.15) is 10.4 Å². The van der Waals surface area contributed by atoms with E-state index in [2.05, 4.69) is 0 Å². The Morgan fingerprint density at radius 1 is 1.10 bits per heavy atom. The molecule has 0 aliphatic carbocycles. The number of nitrogens with zero attached hydrogens (tertiary/aromatic N) is 3. The van der Waals surface area contributed by atoms with E-state index in [9.17, 15) is 9.59 Å². The van der Waals surface area contributed by atoms with E-state index in [1.165, 1.54) is 11.8 Å². The molecule has 4 aromatic rings. The summed E-state index contributed by atoms with van der Waals surface area (Å²) < 4.78 is 1.60. The van der Waals surface area contributed by atoms with Crippen molar-refractivity contribution in [2.75, 3.05) is 12.8 Å². The number of para-hydroxylation sites is 1. The maximum Gasteiger partial charge on any atom is 0.266 e. The molecule has 2 aromatic carbocycles. The smallest absolute Gasteiger partial charge is 0.266 e. The molecule has 7 heteroatoms. The Labute approximate surface area is 183 Å². The molecule has 5 nitrogen and oxygen atoms in total. The van der Waals surface area contributed by atoms with Gasteiger partial charge in [-0.1, -0.05) is 47.7 Å². The van der Waals surface area contributed by atoms with Crippen LogP contribution in [0.5, 0.6) is 0 Å². The predicted molar refractivity (Wildman–Crippen MR) is 124 cm³/mol. The monoisotopic (exact) mass is 435 g/mol. The summed E-state index contributed by atoms with van der Waals surface area (Å²) in [6.07, 6.45) is 0. The molecular weight excluding hydrogens is 414 g/mol. The zero-order valence-electron chi connectivity index (χ0n) is 16.7. The van der Waals surface area contributed by atoms with Crippen LogP contribution in [0.2, 0.25) is 0 Å². The second-order valence-electron chi connectivity index (χ2n) is 7.01. The summed E-state index contributed by atoms with van der Waals surface area (Å²) in [6, 6.07) is 19.0. The molecule has 0 unspecified atom stereocenters. The Hall–Kier alpha value is -2.90. The first kappa shape index (κ1) is 20.4. The second kappa shape index (κ2) is 8.85. The van der Waals surface area contributed by atoms with Crippen LogP contribution in [-0.2, 0) is 11.3 Å². The summed E-state index contributed by atoms with van der Waals surface area (Å²) in [7, 11) is 1.80. The third-order valence-electron chi connectivity index (χ3n) is 4.76. The van der Waals surface area contributed by atoms with Crippen LogP contribution in [0.3, 0.4) is 0 Å². The molecule has 152 valence electrons. The average molecular weight is 436 g/mol. The van der Waals surface area contributed by atoms with Gasteiger partial charge in [0.2, 0.25) is 5.91 Å². The van der Waals surface area contributed by atoms with Crippen LogP contribution in [0.4, 0.5) is 0 Å². The molecule has 0 radical (unpaired) electrons. The number of hydrogen-bond donors (Lipinski definition) is 0. The van der Waals surface area contributed by atoms with Crippen LogP contribution in [0, 0.1) is 6.92 Å². The van der Waals surface area contributed by atoms with E-state index < -0.39 is 0 Å². The highest BCUT2D eigenvalue weighted by Gasteiger charge is 2.16. The Morgan fingerprint density at radius 3 is 2.60 bits per heavy atom. The number of carbonyl (C=O) groups is 1. The number of benzene rings is 2. The van der Waals surface area contributed by atoms with Gasteiger partial charge in [-0.2, -0.15) is 0 Å². The zero-order chi connectivity index (χ0) is 21.1. The molecule has 2 heterocycles. The molecular formula is C23H21N3O2S2. The van der Waals surface area contributed by atoms with Crippen molar-refractivity contribution < 1.29 is 4.79 Å². The van der Waals surface area contributed by atoms with Gasteiger partial charge < -0.3 is 4.90 Å². The maximum atomic E-state index is 13.2. The van der Waals surface area contributed by atoms with Gasteiger partial charge in [0.25, 0.3) is 5.56 Å². The molecule has 0 aliphatic heterocycles. The highest BCUT2D eigenvalue weighted by Crippen LogP contribution is 2.22. The van der Waals surface area contributed by atoms with Crippen molar-refractivity contribution in [3.8, 4) is 5.69 Å². The van der Waals surface area contributed by atoms with Crippen LogP contribution in [-0.4, -0.2) is 33.2 Å². The molecule has 0 fully saturated rings. The molecule has 0 bridgehead atoms. The SMILES string of the molecule is Cc1ccc(-n2c(SCC(=O)N(C)Cc3cccs3)nc3ccccc3c2=O)cc1. The number of thioether (sulfide) groups is 1. The Morgan fingerprint density at radius 2 is 1.87 bits per heavy atom. The Kier molecular flexibility index (Phi) is 6.01. The maximum absolute atomic E-state index is 13.2. The van der Waals surface area contributed by atoms with Gasteiger partial charge in [-0.15, -0.1) is 11.3 Å². The fraction of sp³-hybridized carbons (Fsp3) is 0.174. The van der Waals surface area contributed by atoms with Crippen molar-refractivity contribution in [1.82, 2.24) is 14.5 Å². The van der Waals surface area contributed by atoms with Gasteiger partial charge >= 0.3 is 0 Å². The summed E-state index contributed by atoms with van der Waals surface area (Å²) in [5, 5.41) is 3.07. The molecule has 0 saturated carbocycles. The molecule has 0 saturated heterocycles. The average Bonchev–Trinajstić information content (AvgIpc) is 3.26. The molecule has 30 heavy (non-hydrogen) atoms. The number of thiophene rings is 1. The minimum Gasteiger partial charge on any atom is -0.340 e. The first-order valence-electron chi connectivity index (χ1n) is 9.51. The molecule has 0 aliphatic rings. The van der Waals surface area contributed by atoms with Gasteiger partial charge in [-0.05, 0) is 42.6 Å². The number of aromatic nitrogens is 2. The first-order chi connectivity index (χ1) is 14.5. The van der Waals surface area contributed by atoms with E-state index in [0.717, 1.165) is 16.1 Å². The summed E-state index contributed by atoms with van der Waals surface area (Å²) in [5.74, 6) is 0.199. The normalized spacial score (nSPS) is 11.0. The summed E-state index contributed by atoms with van der Waals surface area (Å²) >= 11 is 2.92. The molecule has 1 amide bonds. The number of carbonyl (C=O) groups excluding carboxylic acids is 1. The van der Waals surface area contributed by atoms with E-state index in [-0.39, 0.29) is 17.2 Å². The summed E-state index contributed by atoms with van der Waals surface area (Å²) in [6.45, 7) is 2.58. The van der Waals surface area contributed by atoms with Gasteiger partial charge in [0.05, 0.1) is 28.9 Å². The van der Waals surface area contributed by atoms with Crippen molar-refractivity contribution in [3.05, 3.63) is 86.8 Å². The van der Waals surface area contributed by atoms with Crippen LogP contribution < -0.4 is 5.56 Å². The molecule has 0 atom stereocenters. The van der Waals surface area contributed by atoms with Gasteiger partial charge in [0.1, 0.15) is 0 Å². The van der Waals surface area contributed by atoms with Gasteiger partial charge in [0.15, 0.2) is 5.16 Å². The largest absolute Gasteiger partial charge is 0.340 e. The minimum atomic E-state index is -0.133. The van der Waals surface area contributed by atoms with Crippen molar-refractivity contribution in [1.29, 1.82) is 0 Å². The molecule has 0 spiro atoms. The topological polar surface area (TPSA) is 55.2 Å². The van der Waals surface area contributed by atoms with Crippen molar-refractivity contribution in [3.63, 3.8) is 0 Å². The second-order valence-corrected chi connectivity index (χ2v) is 8.98. The van der Waals surface area contributed by atoms with Gasteiger partial charge in [-0.3, -0.25) is 14.2 Å². The lowest BCUT2D eigenvalue weighted by Gasteiger charge is -2.17. The molecule has 0 N–H and O–H groups in total. The number of aryl methyl sites for hydroxylation is 1. The highest BCUT2D eigenvalue weighted by molar-refractivity contribution is 7.99. The fourth-order valence-corrected chi connectivity index (χ4v) is 4.80. The fourth-order valence-electron chi connectivity index (χ4n) is 3.09. The Bertz CT molecular complexity index is 1230. The standard InChI is InChI=1S/C23H21N3O2S2/c1-16-9-11-17(12-10-16)26-22(28)19-7-3-4-8-20(19)24-23(26)30-15-21(27)25(2)14-18-6-5-13-29-18/h3-13H,14-15H2,1-2H3. The van der Waals surface area contributed by atoms with E-state index >= 15 is 0 Å². The van der Waals surface area contributed by atoms with Crippen LogP contribution >= 0.6 is 23.1 Å². The first-order valence-corrected chi connectivity index (χ1v) is 11.4. The summed E-state index contributed by atoms with van der Waals surface area (Å²) in [5.41, 5.74) is 2.35. The highest BCUT2D eigenvalue weighted by atomic mass is 32.2. The lowest BCUT2D eigenvalue weighted by atomic mass is 10.2. The van der Waals surface area contributed by atoms with Gasteiger partial charge in [-0.25, -0.2) is 4.98 Å². The number of hydrogen-bond acceptors (Lipinski definition) is 5. The third kappa shape index (κ3) is 4.32. The van der Waals surface area contributed by atoms with Crippen molar-refractivity contribution >= 4 is 39.9 Å². The minimum absolute atomic E-state index is 0.00809. The lowest BCUT2D eigenvalue weighted by Crippen LogP contribution is -2.28. The number of fused-ring (bicyclic) bond motifs is 1. The summed E-state index contributed by atoms with van der Waals surface area (Å²) in [4.78, 5) is 33.5. The van der Waals surface area contributed by atoms with Crippen LogP contribution in [0.15, 0.2) is 76.0 Å². The predicted octanol–water partition coefficient (Wildman–Crippen LogP) is 4.51. The Balaban J connectivity index is 1.65. The van der Waals surface area contributed by atoms with E-state index in [4.69, 9.17) is 4.98 Å². The van der Waals surface area contributed by atoms with Crippen LogP contribution in [0.25, 0.3) is 16.6 Å².